The summed E-state index contributed by atoms with van der Waals surface area (Å²) in [6.45, 7) is 2.53. The Morgan fingerprint density at radius 1 is 1.56 bits per heavy atom. The second-order valence-electron chi connectivity index (χ2n) is 5.17. The van der Waals surface area contributed by atoms with Crippen LogP contribution < -0.4 is 11.1 Å². The summed E-state index contributed by atoms with van der Waals surface area (Å²) in [6, 6.07) is 1.90. The molecule has 0 aliphatic heterocycles. The maximum atomic E-state index is 12.3. The minimum absolute atomic E-state index is 0.0250. The molecule has 5 heteroatoms. The van der Waals surface area contributed by atoms with E-state index in [0.29, 0.717) is 12.4 Å². The third kappa shape index (κ3) is 2.56. The summed E-state index contributed by atoms with van der Waals surface area (Å²) in [7, 11) is 0. The van der Waals surface area contributed by atoms with Gasteiger partial charge < -0.3 is 11.1 Å². The van der Waals surface area contributed by atoms with Crippen LogP contribution >= 0.6 is 0 Å². The number of carbonyl (C=O) groups excluding carboxylic acids is 1. The zero-order valence-corrected chi connectivity index (χ0v) is 11.0. The molecule has 1 aliphatic rings. The van der Waals surface area contributed by atoms with E-state index in [-0.39, 0.29) is 11.3 Å². The molecule has 1 fully saturated rings. The highest BCUT2D eigenvalue weighted by atomic mass is 16.2. The number of nitrogens with zero attached hydrogens (tertiary/aromatic N) is 1. The highest BCUT2D eigenvalue weighted by molar-refractivity contribution is 5.95. The highest BCUT2D eigenvalue weighted by Crippen LogP contribution is 2.38. The Morgan fingerprint density at radius 3 is 2.89 bits per heavy atom. The maximum absolute atomic E-state index is 12.3. The number of H-pyrrole nitrogens is 1. The van der Waals surface area contributed by atoms with E-state index in [0.717, 1.165) is 44.2 Å². The predicted octanol–water partition coefficient (Wildman–Crippen LogP) is 1.82. The number of nitrogens with two attached hydrogens (primary N) is 1. The molecule has 100 valence electrons. The quantitative estimate of drug-likeness (QED) is 0.745. The van der Waals surface area contributed by atoms with Crippen molar-refractivity contribution >= 4 is 11.7 Å². The number of hydrogen-bond donors (Lipinski definition) is 3. The van der Waals surface area contributed by atoms with Crippen molar-refractivity contribution in [1.82, 2.24) is 10.2 Å². The van der Waals surface area contributed by atoms with Crippen LogP contribution in [0.1, 0.15) is 44.7 Å². The van der Waals surface area contributed by atoms with E-state index in [4.69, 9.17) is 5.73 Å². The summed E-state index contributed by atoms with van der Waals surface area (Å²) in [5.41, 5.74) is 6.47. The van der Waals surface area contributed by atoms with Gasteiger partial charge in [-0.2, -0.15) is 5.10 Å². The number of anilines is 1. The van der Waals surface area contributed by atoms with E-state index in [1.165, 1.54) is 0 Å². The van der Waals surface area contributed by atoms with Crippen LogP contribution in [0.4, 0.5) is 5.82 Å². The van der Waals surface area contributed by atoms with Crippen LogP contribution in [0.25, 0.3) is 0 Å². The topological polar surface area (TPSA) is 83.8 Å². The average molecular weight is 250 g/mol. The molecule has 0 spiro atoms. The van der Waals surface area contributed by atoms with Crippen molar-refractivity contribution in [3.05, 3.63) is 11.8 Å². The molecule has 0 aromatic carbocycles. The largest absolute Gasteiger partial charge is 0.329 e. The first kappa shape index (κ1) is 13.1. The number of rotatable bonds is 5. The van der Waals surface area contributed by atoms with E-state index in [2.05, 4.69) is 22.4 Å². The smallest absolute Gasteiger partial charge is 0.233 e. The van der Waals surface area contributed by atoms with Gasteiger partial charge in [-0.3, -0.25) is 9.89 Å². The van der Waals surface area contributed by atoms with Crippen LogP contribution in [0.2, 0.25) is 0 Å². The van der Waals surface area contributed by atoms with Crippen molar-refractivity contribution in [2.24, 2.45) is 11.1 Å². The van der Waals surface area contributed by atoms with Gasteiger partial charge in [0.25, 0.3) is 0 Å². The second-order valence-corrected chi connectivity index (χ2v) is 5.17. The first-order valence-corrected chi connectivity index (χ1v) is 6.76. The molecule has 0 saturated heterocycles. The summed E-state index contributed by atoms with van der Waals surface area (Å²) in [6.07, 6.45) is 5.97. The van der Waals surface area contributed by atoms with Crippen LogP contribution in [0.5, 0.6) is 0 Å². The fraction of sp³-hybridized carbons (Fsp3) is 0.692. The van der Waals surface area contributed by atoms with Gasteiger partial charge in [0, 0.05) is 18.3 Å². The number of aryl methyl sites for hydroxylation is 1. The number of nitrogens with one attached hydrogen (secondary N) is 2. The molecule has 1 aromatic heterocycles. The standard InChI is InChI=1S/C13H22N4O/c1-2-5-10-8-11(17-16-10)15-12(18)13(9-14)6-3-4-7-13/h8H,2-7,9,14H2,1H3,(H2,15,16,17,18). The molecule has 1 saturated carbocycles. The van der Waals surface area contributed by atoms with Gasteiger partial charge >= 0.3 is 0 Å². The number of carbonyl (C=O) groups is 1. The molecule has 0 atom stereocenters. The third-order valence-electron chi connectivity index (χ3n) is 3.82. The van der Waals surface area contributed by atoms with Gasteiger partial charge in [-0.15, -0.1) is 0 Å². The molecule has 2 rings (SSSR count). The van der Waals surface area contributed by atoms with Crippen molar-refractivity contribution < 1.29 is 4.79 Å². The van der Waals surface area contributed by atoms with Crippen molar-refractivity contribution in [3.63, 3.8) is 0 Å². The lowest BCUT2D eigenvalue weighted by Gasteiger charge is -2.24. The molecule has 18 heavy (non-hydrogen) atoms. The summed E-state index contributed by atoms with van der Waals surface area (Å²) in [4.78, 5) is 12.3. The molecule has 1 aliphatic carbocycles. The van der Waals surface area contributed by atoms with E-state index >= 15 is 0 Å². The summed E-state index contributed by atoms with van der Waals surface area (Å²) in [5, 5.41) is 9.94. The van der Waals surface area contributed by atoms with Crippen molar-refractivity contribution in [3.8, 4) is 0 Å². The first-order valence-electron chi connectivity index (χ1n) is 6.76. The molecule has 0 radical (unpaired) electrons. The lowest BCUT2D eigenvalue weighted by molar-refractivity contribution is -0.124. The van der Waals surface area contributed by atoms with Gasteiger partial charge in [-0.25, -0.2) is 0 Å². The van der Waals surface area contributed by atoms with Crippen molar-refractivity contribution in [2.75, 3.05) is 11.9 Å². The predicted molar refractivity (Wildman–Crippen MR) is 71.2 cm³/mol. The van der Waals surface area contributed by atoms with Gasteiger partial charge in [0.15, 0.2) is 5.82 Å². The third-order valence-corrected chi connectivity index (χ3v) is 3.82. The lowest BCUT2D eigenvalue weighted by atomic mass is 9.85. The van der Waals surface area contributed by atoms with Gasteiger partial charge in [0.1, 0.15) is 0 Å². The molecule has 0 unspecified atom stereocenters. The monoisotopic (exact) mass is 250 g/mol. The normalized spacial score (nSPS) is 17.9. The SMILES string of the molecule is CCCc1cc(NC(=O)C2(CN)CCCC2)n[nH]1. The minimum atomic E-state index is -0.371. The zero-order valence-electron chi connectivity index (χ0n) is 11.0. The maximum Gasteiger partial charge on any atom is 0.233 e. The van der Waals surface area contributed by atoms with E-state index < -0.39 is 0 Å². The highest BCUT2D eigenvalue weighted by Gasteiger charge is 2.39. The van der Waals surface area contributed by atoms with Crippen LogP contribution in [0, 0.1) is 5.41 Å². The Kier molecular flexibility index (Phi) is 4.01. The molecule has 1 amide bonds. The number of hydrogen-bond acceptors (Lipinski definition) is 3. The molecule has 4 N–H and O–H groups in total. The first-order chi connectivity index (χ1) is 8.70. The van der Waals surface area contributed by atoms with Gasteiger partial charge in [-0.1, -0.05) is 26.2 Å². The molecular weight excluding hydrogens is 228 g/mol. The van der Waals surface area contributed by atoms with E-state index in [1.807, 2.05) is 6.07 Å². The van der Waals surface area contributed by atoms with Gasteiger partial charge in [0.2, 0.25) is 5.91 Å². The Labute approximate surface area is 108 Å². The van der Waals surface area contributed by atoms with Crippen LogP contribution in [-0.4, -0.2) is 22.6 Å². The van der Waals surface area contributed by atoms with Crippen LogP contribution in [0.15, 0.2) is 6.07 Å². The summed E-state index contributed by atoms with van der Waals surface area (Å²) in [5.74, 6) is 0.639. The summed E-state index contributed by atoms with van der Waals surface area (Å²) >= 11 is 0. The number of aromatic amines is 1. The van der Waals surface area contributed by atoms with Crippen molar-refractivity contribution in [1.29, 1.82) is 0 Å². The molecular formula is C13H22N4O. The molecule has 5 nitrogen and oxygen atoms in total. The molecule has 1 aromatic rings. The fourth-order valence-electron chi connectivity index (χ4n) is 2.65. The van der Waals surface area contributed by atoms with Crippen molar-refractivity contribution in [2.45, 2.75) is 45.4 Å². The number of aromatic nitrogens is 2. The van der Waals surface area contributed by atoms with Gasteiger partial charge in [0.05, 0.1) is 5.41 Å². The summed E-state index contributed by atoms with van der Waals surface area (Å²) < 4.78 is 0. The van der Waals surface area contributed by atoms with E-state index in [1.54, 1.807) is 0 Å². The zero-order chi connectivity index (χ0) is 13.0. The number of amides is 1. The Morgan fingerprint density at radius 2 is 2.28 bits per heavy atom. The second kappa shape index (κ2) is 5.52. The lowest BCUT2D eigenvalue weighted by Crippen LogP contribution is -2.40. The van der Waals surface area contributed by atoms with E-state index in [9.17, 15) is 4.79 Å². The minimum Gasteiger partial charge on any atom is -0.329 e. The molecule has 1 heterocycles. The Balaban J connectivity index is 2.01. The molecule has 0 bridgehead atoms. The Hall–Kier alpha value is -1.36. The van der Waals surface area contributed by atoms with Gasteiger partial charge in [-0.05, 0) is 19.3 Å². The van der Waals surface area contributed by atoms with Crippen LogP contribution in [-0.2, 0) is 11.2 Å². The van der Waals surface area contributed by atoms with Crippen LogP contribution in [0.3, 0.4) is 0 Å². The average Bonchev–Trinajstić information content (AvgIpc) is 2.99. The fourth-order valence-corrected chi connectivity index (χ4v) is 2.65. The Bertz CT molecular complexity index is 407.